The highest BCUT2D eigenvalue weighted by Gasteiger charge is 2.34. The number of benzene rings is 2. The molecule has 1 aromatic heterocycles. The van der Waals surface area contributed by atoms with Gasteiger partial charge in [0.05, 0.1) is 11.1 Å². The summed E-state index contributed by atoms with van der Waals surface area (Å²) in [5.74, 6) is -0.442. The van der Waals surface area contributed by atoms with E-state index in [1.165, 1.54) is 4.90 Å². The number of imide groups is 1. The first-order chi connectivity index (χ1) is 12.2. The van der Waals surface area contributed by atoms with Crippen molar-refractivity contribution < 1.29 is 9.59 Å². The van der Waals surface area contributed by atoms with Crippen LogP contribution in [0.3, 0.4) is 0 Å². The molecule has 0 radical (unpaired) electrons. The number of nitrogens with zero attached hydrogens (tertiary/aromatic N) is 2. The monoisotopic (exact) mass is 328 g/mol. The number of pyridine rings is 1. The highest BCUT2D eigenvalue weighted by Crippen LogP contribution is 2.23. The van der Waals surface area contributed by atoms with Gasteiger partial charge in [0.25, 0.3) is 11.8 Å². The van der Waals surface area contributed by atoms with Crippen LogP contribution in [0.4, 0.5) is 0 Å². The Hall–Kier alpha value is -3.27. The number of amides is 2. The summed E-state index contributed by atoms with van der Waals surface area (Å²) in [7, 11) is 0. The highest BCUT2D eigenvalue weighted by atomic mass is 16.2. The summed E-state index contributed by atoms with van der Waals surface area (Å²) in [4.78, 5) is 30.5. The summed E-state index contributed by atoms with van der Waals surface area (Å²) in [6.45, 7) is 0.337. The molecular weight excluding hydrogens is 312 g/mol. The lowest BCUT2D eigenvalue weighted by molar-refractivity contribution is 0.0656. The number of rotatable bonds is 4. The van der Waals surface area contributed by atoms with Gasteiger partial charge < -0.3 is 0 Å². The van der Waals surface area contributed by atoms with Crippen LogP contribution in [0.1, 0.15) is 26.4 Å². The molecule has 0 bridgehead atoms. The molecule has 2 aromatic carbocycles. The Labute approximate surface area is 145 Å². The number of fused-ring (bicyclic) bond motifs is 1. The van der Waals surface area contributed by atoms with Crippen LogP contribution in [0, 0.1) is 0 Å². The van der Waals surface area contributed by atoms with E-state index in [0.717, 1.165) is 16.8 Å². The third kappa shape index (κ3) is 2.83. The normalized spacial score (nSPS) is 13.2. The van der Waals surface area contributed by atoms with Crippen molar-refractivity contribution in [3.05, 3.63) is 89.7 Å². The second kappa shape index (κ2) is 6.32. The first-order valence-electron chi connectivity index (χ1n) is 8.19. The molecule has 0 spiro atoms. The van der Waals surface area contributed by atoms with Gasteiger partial charge >= 0.3 is 0 Å². The van der Waals surface area contributed by atoms with E-state index in [0.29, 0.717) is 24.1 Å². The summed E-state index contributed by atoms with van der Waals surface area (Å²) in [5, 5.41) is 0. The van der Waals surface area contributed by atoms with Crippen LogP contribution in [-0.4, -0.2) is 28.2 Å². The van der Waals surface area contributed by atoms with Crippen LogP contribution >= 0.6 is 0 Å². The Bertz CT molecular complexity index is 899. The maximum atomic E-state index is 12.4. The largest absolute Gasteiger partial charge is 0.274 e. The van der Waals surface area contributed by atoms with Gasteiger partial charge in [-0.05, 0) is 23.8 Å². The molecule has 2 amide bonds. The molecule has 4 heteroatoms. The summed E-state index contributed by atoms with van der Waals surface area (Å²) >= 11 is 0. The van der Waals surface area contributed by atoms with Crippen molar-refractivity contribution in [1.82, 2.24) is 9.88 Å². The second-order valence-corrected chi connectivity index (χ2v) is 5.96. The first kappa shape index (κ1) is 15.3. The lowest BCUT2D eigenvalue weighted by Crippen LogP contribution is -2.31. The molecule has 0 saturated heterocycles. The average Bonchev–Trinajstić information content (AvgIpc) is 2.92. The fourth-order valence-corrected chi connectivity index (χ4v) is 3.04. The van der Waals surface area contributed by atoms with Gasteiger partial charge in [-0.3, -0.25) is 19.5 Å². The van der Waals surface area contributed by atoms with Gasteiger partial charge in [-0.2, -0.15) is 0 Å². The maximum absolute atomic E-state index is 12.4. The van der Waals surface area contributed by atoms with E-state index in [4.69, 9.17) is 0 Å². The van der Waals surface area contributed by atoms with E-state index >= 15 is 0 Å². The van der Waals surface area contributed by atoms with Crippen molar-refractivity contribution in [2.24, 2.45) is 0 Å². The highest BCUT2D eigenvalue weighted by molar-refractivity contribution is 6.21. The molecule has 2 heterocycles. The quantitative estimate of drug-likeness (QED) is 0.688. The van der Waals surface area contributed by atoms with Crippen LogP contribution in [0.25, 0.3) is 11.1 Å². The van der Waals surface area contributed by atoms with Crippen LogP contribution < -0.4 is 0 Å². The second-order valence-electron chi connectivity index (χ2n) is 5.96. The Morgan fingerprint density at radius 1 is 0.720 bits per heavy atom. The number of carbonyl (C=O) groups is 2. The van der Waals surface area contributed by atoms with Crippen molar-refractivity contribution in [1.29, 1.82) is 0 Å². The minimum atomic E-state index is -0.221. The Balaban J connectivity index is 1.46. The van der Waals surface area contributed by atoms with Crippen molar-refractivity contribution in [2.75, 3.05) is 6.54 Å². The topological polar surface area (TPSA) is 50.3 Å². The molecule has 25 heavy (non-hydrogen) atoms. The average molecular weight is 328 g/mol. The molecule has 1 aliphatic rings. The van der Waals surface area contributed by atoms with Gasteiger partial charge in [-0.15, -0.1) is 0 Å². The van der Waals surface area contributed by atoms with Gasteiger partial charge in [-0.1, -0.05) is 48.5 Å². The zero-order chi connectivity index (χ0) is 17.2. The maximum Gasteiger partial charge on any atom is 0.261 e. The predicted octanol–water partition coefficient (Wildman–Crippen LogP) is 3.59. The van der Waals surface area contributed by atoms with E-state index in [-0.39, 0.29) is 11.8 Å². The van der Waals surface area contributed by atoms with Crippen LogP contribution in [0.15, 0.2) is 72.9 Å². The number of aromatic nitrogens is 1. The lowest BCUT2D eigenvalue weighted by atomic mass is 10.1. The SMILES string of the molecule is O=C1c2ccccc2C(=O)N1CCc1ccc(-c2ccccc2)cn1. The van der Waals surface area contributed by atoms with E-state index in [2.05, 4.69) is 4.98 Å². The summed E-state index contributed by atoms with van der Waals surface area (Å²) in [6.07, 6.45) is 2.37. The predicted molar refractivity (Wildman–Crippen MR) is 95.2 cm³/mol. The van der Waals surface area contributed by atoms with Crippen molar-refractivity contribution in [3.8, 4) is 11.1 Å². The molecule has 0 aliphatic carbocycles. The summed E-state index contributed by atoms with van der Waals surface area (Å²) in [5.41, 5.74) is 3.99. The number of carbonyl (C=O) groups excluding carboxylic acids is 2. The summed E-state index contributed by atoms with van der Waals surface area (Å²) < 4.78 is 0. The Morgan fingerprint density at radius 3 is 1.96 bits per heavy atom. The molecule has 0 saturated carbocycles. The Kier molecular flexibility index (Phi) is 3.86. The van der Waals surface area contributed by atoms with Crippen LogP contribution in [0.2, 0.25) is 0 Å². The molecule has 3 aromatic rings. The van der Waals surface area contributed by atoms with Gasteiger partial charge in [-0.25, -0.2) is 0 Å². The smallest absolute Gasteiger partial charge is 0.261 e. The molecule has 1 aliphatic heterocycles. The first-order valence-corrected chi connectivity index (χ1v) is 8.19. The molecule has 0 unspecified atom stereocenters. The number of hydrogen-bond donors (Lipinski definition) is 0. The van der Waals surface area contributed by atoms with E-state index in [1.807, 2.05) is 48.7 Å². The van der Waals surface area contributed by atoms with Gasteiger partial charge in [0.15, 0.2) is 0 Å². The Morgan fingerprint density at radius 2 is 1.36 bits per heavy atom. The molecule has 0 atom stereocenters. The van der Waals surface area contributed by atoms with Crippen LogP contribution in [0.5, 0.6) is 0 Å². The lowest BCUT2D eigenvalue weighted by Gasteiger charge is -2.13. The minimum absolute atomic E-state index is 0.221. The standard InChI is InChI=1S/C21H16N2O2/c24-20-18-8-4-5-9-19(18)21(25)23(20)13-12-17-11-10-16(14-22-17)15-6-2-1-3-7-15/h1-11,14H,12-13H2. The molecule has 0 N–H and O–H groups in total. The third-order valence-electron chi connectivity index (χ3n) is 4.40. The van der Waals surface area contributed by atoms with Gasteiger partial charge in [0, 0.05) is 30.4 Å². The van der Waals surface area contributed by atoms with Gasteiger partial charge in [0.1, 0.15) is 0 Å². The third-order valence-corrected chi connectivity index (χ3v) is 4.40. The van der Waals surface area contributed by atoms with E-state index in [9.17, 15) is 9.59 Å². The zero-order valence-electron chi connectivity index (χ0n) is 13.6. The zero-order valence-corrected chi connectivity index (χ0v) is 13.6. The number of hydrogen-bond acceptors (Lipinski definition) is 3. The van der Waals surface area contributed by atoms with Crippen LogP contribution in [-0.2, 0) is 6.42 Å². The molecular formula is C21H16N2O2. The van der Waals surface area contributed by atoms with E-state index < -0.39 is 0 Å². The van der Waals surface area contributed by atoms with E-state index in [1.54, 1.807) is 24.3 Å². The molecule has 122 valence electrons. The molecule has 4 rings (SSSR count). The fourth-order valence-electron chi connectivity index (χ4n) is 3.04. The van der Waals surface area contributed by atoms with Crippen molar-refractivity contribution in [2.45, 2.75) is 6.42 Å². The molecule has 0 fully saturated rings. The fraction of sp³-hybridized carbons (Fsp3) is 0.0952. The van der Waals surface area contributed by atoms with Crippen molar-refractivity contribution >= 4 is 11.8 Å². The minimum Gasteiger partial charge on any atom is -0.274 e. The van der Waals surface area contributed by atoms with Crippen molar-refractivity contribution in [3.63, 3.8) is 0 Å². The summed E-state index contributed by atoms with van der Waals surface area (Å²) in [6, 6.07) is 20.9. The van der Waals surface area contributed by atoms with Gasteiger partial charge in [0.2, 0.25) is 0 Å². The molecule has 4 nitrogen and oxygen atoms in total.